The fourth-order valence-electron chi connectivity index (χ4n) is 1.90. The van der Waals surface area contributed by atoms with E-state index >= 15 is 0 Å². The van der Waals surface area contributed by atoms with E-state index in [1.807, 2.05) is 37.4 Å². The van der Waals surface area contributed by atoms with Crippen LogP contribution in [-0.2, 0) is 7.05 Å². The number of rotatable bonds is 1. The summed E-state index contributed by atoms with van der Waals surface area (Å²) in [4.78, 5) is 4.47. The number of phenols is 1. The van der Waals surface area contributed by atoms with Crippen LogP contribution in [0.4, 0.5) is 0 Å². The SMILES string of the molecule is Cn1nccc1-c1ccc2cccc(O)c2n1. The summed E-state index contributed by atoms with van der Waals surface area (Å²) in [7, 11) is 1.87. The molecule has 3 rings (SSSR count). The van der Waals surface area contributed by atoms with Gasteiger partial charge in [0.2, 0.25) is 0 Å². The van der Waals surface area contributed by atoms with Crippen molar-refractivity contribution < 1.29 is 5.11 Å². The van der Waals surface area contributed by atoms with Gasteiger partial charge in [-0.15, -0.1) is 0 Å². The summed E-state index contributed by atoms with van der Waals surface area (Å²) in [5.74, 6) is 0.200. The average molecular weight is 225 g/mol. The molecule has 0 saturated heterocycles. The zero-order chi connectivity index (χ0) is 11.8. The molecule has 0 aliphatic carbocycles. The Bertz CT molecular complexity index is 688. The molecule has 4 nitrogen and oxygen atoms in total. The van der Waals surface area contributed by atoms with Crippen molar-refractivity contribution in [1.82, 2.24) is 14.8 Å². The quantitative estimate of drug-likeness (QED) is 0.691. The van der Waals surface area contributed by atoms with E-state index in [-0.39, 0.29) is 5.75 Å². The zero-order valence-corrected chi connectivity index (χ0v) is 9.33. The number of pyridine rings is 1. The van der Waals surface area contributed by atoms with E-state index in [0.717, 1.165) is 16.8 Å². The lowest BCUT2D eigenvalue weighted by molar-refractivity contribution is 0.480. The van der Waals surface area contributed by atoms with Crippen molar-refractivity contribution in [3.8, 4) is 17.1 Å². The largest absolute Gasteiger partial charge is 0.506 e. The van der Waals surface area contributed by atoms with Crippen molar-refractivity contribution in [2.75, 3.05) is 0 Å². The van der Waals surface area contributed by atoms with E-state index in [2.05, 4.69) is 10.1 Å². The highest BCUT2D eigenvalue weighted by Gasteiger charge is 2.07. The summed E-state index contributed by atoms with van der Waals surface area (Å²) in [6.45, 7) is 0. The monoisotopic (exact) mass is 225 g/mol. The number of aromatic hydroxyl groups is 1. The number of aromatic nitrogens is 3. The van der Waals surface area contributed by atoms with Gasteiger partial charge >= 0.3 is 0 Å². The minimum atomic E-state index is 0.200. The third-order valence-electron chi connectivity index (χ3n) is 2.78. The lowest BCUT2D eigenvalue weighted by atomic mass is 10.1. The topological polar surface area (TPSA) is 50.9 Å². The molecule has 1 N–H and O–H groups in total. The molecule has 2 heterocycles. The molecule has 0 bridgehead atoms. The zero-order valence-electron chi connectivity index (χ0n) is 9.33. The second kappa shape index (κ2) is 3.59. The number of para-hydroxylation sites is 1. The van der Waals surface area contributed by atoms with Crippen molar-refractivity contribution in [3.63, 3.8) is 0 Å². The van der Waals surface area contributed by atoms with E-state index in [1.54, 1.807) is 16.9 Å². The smallest absolute Gasteiger partial charge is 0.141 e. The lowest BCUT2D eigenvalue weighted by Crippen LogP contribution is -1.95. The van der Waals surface area contributed by atoms with Crippen LogP contribution in [0.5, 0.6) is 5.75 Å². The average Bonchev–Trinajstić information content (AvgIpc) is 2.76. The van der Waals surface area contributed by atoms with Gasteiger partial charge < -0.3 is 5.11 Å². The number of phenolic OH excluding ortho intramolecular Hbond substituents is 1. The molecule has 4 heteroatoms. The number of fused-ring (bicyclic) bond motifs is 1. The fourth-order valence-corrected chi connectivity index (χ4v) is 1.90. The first-order valence-electron chi connectivity index (χ1n) is 5.33. The highest BCUT2D eigenvalue weighted by atomic mass is 16.3. The van der Waals surface area contributed by atoms with Gasteiger partial charge in [0.15, 0.2) is 0 Å². The molecular weight excluding hydrogens is 214 g/mol. The Balaban J connectivity index is 2.27. The van der Waals surface area contributed by atoms with Gasteiger partial charge in [-0.3, -0.25) is 4.68 Å². The predicted molar refractivity (Wildman–Crippen MR) is 65.6 cm³/mol. The minimum absolute atomic E-state index is 0.200. The maximum Gasteiger partial charge on any atom is 0.141 e. The summed E-state index contributed by atoms with van der Waals surface area (Å²) in [6, 6.07) is 11.2. The van der Waals surface area contributed by atoms with Gasteiger partial charge in [-0.25, -0.2) is 4.98 Å². The Hall–Kier alpha value is -2.36. The van der Waals surface area contributed by atoms with Crippen molar-refractivity contribution >= 4 is 10.9 Å². The summed E-state index contributed by atoms with van der Waals surface area (Å²) in [6.07, 6.45) is 1.73. The van der Waals surface area contributed by atoms with Crippen molar-refractivity contribution in [2.45, 2.75) is 0 Å². The van der Waals surface area contributed by atoms with Crippen LogP contribution in [0.15, 0.2) is 42.6 Å². The normalized spacial score (nSPS) is 10.9. The van der Waals surface area contributed by atoms with E-state index in [1.165, 1.54) is 0 Å². The Kier molecular flexibility index (Phi) is 2.08. The summed E-state index contributed by atoms with van der Waals surface area (Å²) in [5, 5.41) is 14.8. The van der Waals surface area contributed by atoms with Gasteiger partial charge in [-0.05, 0) is 18.2 Å². The number of hydrogen-bond acceptors (Lipinski definition) is 3. The number of nitrogens with zero attached hydrogens (tertiary/aromatic N) is 3. The summed E-state index contributed by atoms with van der Waals surface area (Å²) < 4.78 is 1.76. The second-order valence-electron chi connectivity index (χ2n) is 3.89. The van der Waals surface area contributed by atoms with Crippen LogP contribution >= 0.6 is 0 Å². The van der Waals surface area contributed by atoms with E-state index < -0.39 is 0 Å². The molecule has 84 valence electrons. The third-order valence-corrected chi connectivity index (χ3v) is 2.78. The molecule has 0 fully saturated rings. The molecule has 0 spiro atoms. The Labute approximate surface area is 98.2 Å². The molecule has 0 aliphatic heterocycles. The summed E-state index contributed by atoms with van der Waals surface area (Å²) >= 11 is 0. The number of aryl methyl sites for hydroxylation is 1. The second-order valence-corrected chi connectivity index (χ2v) is 3.89. The molecular formula is C13H11N3O. The van der Waals surface area contributed by atoms with E-state index in [4.69, 9.17) is 0 Å². The van der Waals surface area contributed by atoms with Gasteiger partial charge in [0.1, 0.15) is 11.3 Å². The fraction of sp³-hybridized carbons (Fsp3) is 0.0769. The molecule has 0 atom stereocenters. The Morgan fingerprint density at radius 3 is 2.76 bits per heavy atom. The number of benzene rings is 1. The standard InChI is InChI=1S/C13H11N3O/c1-16-11(7-8-14-16)10-6-5-9-3-2-4-12(17)13(9)15-10/h2-8,17H,1H3. The van der Waals surface area contributed by atoms with Gasteiger partial charge in [0, 0.05) is 18.6 Å². The predicted octanol–water partition coefficient (Wildman–Crippen LogP) is 2.34. The van der Waals surface area contributed by atoms with Crippen LogP contribution in [0.2, 0.25) is 0 Å². The highest BCUT2D eigenvalue weighted by molar-refractivity contribution is 5.86. The van der Waals surface area contributed by atoms with Crippen LogP contribution in [-0.4, -0.2) is 19.9 Å². The maximum atomic E-state index is 9.78. The molecule has 0 amide bonds. The first kappa shape index (κ1) is 9.84. The third kappa shape index (κ3) is 1.54. The molecule has 0 unspecified atom stereocenters. The Morgan fingerprint density at radius 1 is 1.12 bits per heavy atom. The van der Waals surface area contributed by atoms with Crippen LogP contribution in [0, 0.1) is 0 Å². The first-order chi connectivity index (χ1) is 8.25. The van der Waals surface area contributed by atoms with E-state index in [0.29, 0.717) is 5.52 Å². The van der Waals surface area contributed by atoms with Crippen LogP contribution < -0.4 is 0 Å². The molecule has 0 radical (unpaired) electrons. The lowest BCUT2D eigenvalue weighted by Gasteiger charge is -2.04. The highest BCUT2D eigenvalue weighted by Crippen LogP contribution is 2.25. The van der Waals surface area contributed by atoms with Crippen LogP contribution in [0.1, 0.15) is 0 Å². The van der Waals surface area contributed by atoms with E-state index in [9.17, 15) is 5.11 Å². The van der Waals surface area contributed by atoms with Crippen molar-refractivity contribution in [3.05, 3.63) is 42.6 Å². The molecule has 17 heavy (non-hydrogen) atoms. The maximum absolute atomic E-state index is 9.78. The molecule has 3 aromatic rings. The minimum Gasteiger partial charge on any atom is -0.506 e. The van der Waals surface area contributed by atoms with Crippen LogP contribution in [0.3, 0.4) is 0 Å². The van der Waals surface area contributed by atoms with Crippen molar-refractivity contribution in [2.24, 2.45) is 7.05 Å². The van der Waals surface area contributed by atoms with Crippen LogP contribution in [0.25, 0.3) is 22.3 Å². The Morgan fingerprint density at radius 2 is 2.00 bits per heavy atom. The van der Waals surface area contributed by atoms with Gasteiger partial charge in [-0.1, -0.05) is 18.2 Å². The number of hydrogen-bond donors (Lipinski definition) is 1. The summed E-state index contributed by atoms with van der Waals surface area (Å²) in [5.41, 5.74) is 2.35. The van der Waals surface area contributed by atoms with Gasteiger partial charge in [-0.2, -0.15) is 5.10 Å². The van der Waals surface area contributed by atoms with Crippen molar-refractivity contribution in [1.29, 1.82) is 0 Å². The molecule has 0 aliphatic rings. The molecule has 0 saturated carbocycles. The van der Waals surface area contributed by atoms with Gasteiger partial charge in [0.05, 0.1) is 11.4 Å². The first-order valence-corrected chi connectivity index (χ1v) is 5.33. The van der Waals surface area contributed by atoms with Gasteiger partial charge in [0.25, 0.3) is 0 Å². The molecule has 2 aromatic heterocycles. The molecule has 1 aromatic carbocycles.